The van der Waals surface area contributed by atoms with Crippen molar-refractivity contribution in [3.63, 3.8) is 0 Å². The zero-order valence-corrected chi connectivity index (χ0v) is 17.1. The van der Waals surface area contributed by atoms with Gasteiger partial charge in [0.05, 0.1) is 13.2 Å². The first-order valence-electron chi connectivity index (χ1n) is 10.2. The van der Waals surface area contributed by atoms with Gasteiger partial charge >= 0.3 is 0 Å². The lowest BCUT2D eigenvalue weighted by molar-refractivity contribution is 0.0880. The third-order valence-electron chi connectivity index (χ3n) is 5.73. The molecule has 0 aliphatic carbocycles. The van der Waals surface area contributed by atoms with E-state index in [1.54, 1.807) is 0 Å². The highest BCUT2D eigenvalue weighted by Gasteiger charge is 2.30. The van der Waals surface area contributed by atoms with Gasteiger partial charge in [0.15, 0.2) is 11.6 Å². The summed E-state index contributed by atoms with van der Waals surface area (Å²) >= 11 is 0. The average Bonchev–Trinajstić information content (AvgIpc) is 3.21. The third kappa shape index (κ3) is 4.44. The van der Waals surface area contributed by atoms with Gasteiger partial charge in [-0.15, -0.1) is 0 Å². The van der Waals surface area contributed by atoms with E-state index >= 15 is 0 Å². The second kappa shape index (κ2) is 8.94. The molecule has 2 aromatic rings. The Labute approximate surface area is 171 Å². The van der Waals surface area contributed by atoms with Crippen LogP contribution in [0.25, 0.3) is 11.3 Å². The highest BCUT2D eigenvalue weighted by molar-refractivity contribution is 6.04. The Kier molecular flexibility index (Phi) is 6.13. The predicted molar refractivity (Wildman–Crippen MR) is 111 cm³/mol. The SMILES string of the molecule is CN1CCN(C)C(CNC(=O)c2c(N3CCOCC3)noc2-c2ccccc2)C1. The van der Waals surface area contributed by atoms with E-state index in [2.05, 4.69) is 39.3 Å². The van der Waals surface area contributed by atoms with Crippen LogP contribution in [0.2, 0.25) is 0 Å². The van der Waals surface area contributed by atoms with Crippen molar-refractivity contribution >= 4 is 11.7 Å². The number of carbonyl (C=O) groups excluding carboxylic acids is 1. The molecule has 0 spiro atoms. The fourth-order valence-corrected chi connectivity index (χ4v) is 3.88. The fourth-order valence-electron chi connectivity index (χ4n) is 3.88. The van der Waals surface area contributed by atoms with Crippen LogP contribution in [0.5, 0.6) is 0 Å². The number of benzene rings is 1. The van der Waals surface area contributed by atoms with Gasteiger partial charge in [-0.05, 0) is 14.1 Å². The lowest BCUT2D eigenvalue weighted by Crippen LogP contribution is -2.54. The first kappa shape index (κ1) is 19.9. The molecule has 0 bridgehead atoms. The molecule has 1 aromatic carbocycles. The van der Waals surface area contributed by atoms with Gasteiger partial charge in [-0.2, -0.15) is 0 Å². The molecule has 2 saturated heterocycles. The number of nitrogens with zero attached hydrogens (tertiary/aromatic N) is 4. The number of hydrogen-bond donors (Lipinski definition) is 1. The van der Waals surface area contributed by atoms with Crippen LogP contribution in [0.4, 0.5) is 5.82 Å². The molecule has 2 fully saturated rings. The molecule has 1 amide bonds. The van der Waals surface area contributed by atoms with Crippen molar-refractivity contribution in [2.75, 3.05) is 71.5 Å². The molecule has 0 radical (unpaired) electrons. The number of morpholine rings is 1. The second-order valence-electron chi connectivity index (χ2n) is 7.78. The Hall–Kier alpha value is -2.42. The van der Waals surface area contributed by atoms with Crippen LogP contribution in [0.15, 0.2) is 34.9 Å². The van der Waals surface area contributed by atoms with Crippen LogP contribution < -0.4 is 10.2 Å². The van der Waals surface area contributed by atoms with Gasteiger partial charge in [-0.25, -0.2) is 0 Å². The normalized spacial score (nSPS) is 21.3. The number of aromatic nitrogens is 1. The third-order valence-corrected chi connectivity index (χ3v) is 5.73. The van der Waals surface area contributed by atoms with Gasteiger partial charge in [0, 0.05) is 50.9 Å². The molecule has 1 N–H and O–H groups in total. The van der Waals surface area contributed by atoms with Crippen molar-refractivity contribution in [2.45, 2.75) is 6.04 Å². The van der Waals surface area contributed by atoms with Crippen LogP contribution >= 0.6 is 0 Å². The van der Waals surface area contributed by atoms with E-state index in [4.69, 9.17) is 9.26 Å². The summed E-state index contributed by atoms with van der Waals surface area (Å²) in [6.07, 6.45) is 0. The zero-order valence-electron chi connectivity index (χ0n) is 17.1. The highest BCUT2D eigenvalue weighted by Crippen LogP contribution is 2.31. The summed E-state index contributed by atoms with van der Waals surface area (Å²) in [5, 5.41) is 7.41. The molecular formula is C21H29N5O3. The van der Waals surface area contributed by atoms with Crippen molar-refractivity contribution in [1.82, 2.24) is 20.3 Å². The molecule has 8 heteroatoms. The van der Waals surface area contributed by atoms with E-state index in [9.17, 15) is 4.79 Å². The average molecular weight is 399 g/mol. The fraction of sp³-hybridized carbons (Fsp3) is 0.524. The van der Waals surface area contributed by atoms with Crippen molar-refractivity contribution in [3.8, 4) is 11.3 Å². The molecule has 0 saturated carbocycles. The van der Waals surface area contributed by atoms with Crippen LogP contribution in [0.3, 0.4) is 0 Å². The number of nitrogens with one attached hydrogen (secondary N) is 1. The van der Waals surface area contributed by atoms with Gasteiger partial charge in [0.1, 0.15) is 5.56 Å². The van der Waals surface area contributed by atoms with E-state index < -0.39 is 0 Å². The topological polar surface area (TPSA) is 74.1 Å². The number of amides is 1. The minimum Gasteiger partial charge on any atom is -0.378 e. The molecule has 29 heavy (non-hydrogen) atoms. The molecular weight excluding hydrogens is 370 g/mol. The summed E-state index contributed by atoms with van der Waals surface area (Å²) in [6, 6.07) is 9.96. The van der Waals surface area contributed by atoms with Crippen LogP contribution in [-0.4, -0.2) is 93.5 Å². The standard InChI is InChI=1S/C21H29N5O3/c1-24-8-9-25(2)17(15-24)14-22-21(27)18-19(16-6-4-3-5-7-16)29-23-20(18)26-10-12-28-13-11-26/h3-7,17H,8-15H2,1-2H3,(H,22,27). The summed E-state index contributed by atoms with van der Waals surface area (Å²) in [4.78, 5) is 20.0. The molecule has 2 aliphatic rings. The number of likely N-dealkylation sites (N-methyl/N-ethyl adjacent to an activating group) is 2. The van der Waals surface area contributed by atoms with E-state index in [0.29, 0.717) is 50.0 Å². The lowest BCUT2D eigenvalue weighted by atomic mass is 10.1. The summed E-state index contributed by atoms with van der Waals surface area (Å²) in [7, 11) is 4.23. The number of carbonyl (C=O) groups is 1. The van der Waals surface area contributed by atoms with Crippen molar-refractivity contribution in [1.29, 1.82) is 0 Å². The van der Waals surface area contributed by atoms with E-state index in [0.717, 1.165) is 25.2 Å². The molecule has 156 valence electrons. The zero-order chi connectivity index (χ0) is 20.2. The molecule has 4 rings (SSSR count). The van der Waals surface area contributed by atoms with Crippen molar-refractivity contribution < 1.29 is 14.1 Å². The lowest BCUT2D eigenvalue weighted by Gasteiger charge is -2.37. The Morgan fingerprint density at radius 1 is 1.14 bits per heavy atom. The number of ether oxygens (including phenoxy) is 1. The molecule has 2 aliphatic heterocycles. The first-order chi connectivity index (χ1) is 14.1. The van der Waals surface area contributed by atoms with Gasteiger partial charge in [0.2, 0.25) is 0 Å². The van der Waals surface area contributed by atoms with Crippen molar-refractivity contribution in [3.05, 3.63) is 35.9 Å². The Morgan fingerprint density at radius 3 is 2.66 bits per heavy atom. The molecule has 8 nitrogen and oxygen atoms in total. The summed E-state index contributed by atoms with van der Waals surface area (Å²) < 4.78 is 11.1. The Balaban J connectivity index is 1.58. The van der Waals surface area contributed by atoms with Gasteiger partial charge in [0.25, 0.3) is 5.91 Å². The molecule has 3 heterocycles. The molecule has 1 aromatic heterocycles. The van der Waals surface area contributed by atoms with Crippen LogP contribution in [-0.2, 0) is 4.74 Å². The maximum Gasteiger partial charge on any atom is 0.259 e. The van der Waals surface area contributed by atoms with E-state index in [-0.39, 0.29) is 11.9 Å². The largest absolute Gasteiger partial charge is 0.378 e. The number of hydrogen-bond acceptors (Lipinski definition) is 7. The van der Waals surface area contributed by atoms with Crippen LogP contribution in [0, 0.1) is 0 Å². The van der Waals surface area contributed by atoms with Gasteiger partial charge in [-0.1, -0.05) is 35.5 Å². The maximum atomic E-state index is 13.3. The predicted octanol–water partition coefficient (Wildman–Crippen LogP) is 1.15. The molecule has 1 atom stereocenters. The number of piperazine rings is 1. The highest BCUT2D eigenvalue weighted by atomic mass is 16.5. The second-order valence-corrected chi connectivity index (χ2v) is 7.78. The van der Waals surface area contributed by atoms with Gasteiger partial charge in [-0.3, -0.25) is 9.69 Å². The summed E-state index contributed by atoms with van der Waals surface area (Å²) in [5.41, 5.74) is 1.35. The maximum absolute atomic E-state index is 13.3. The first-order valence-corrected chi connectivity index (χ1v) is 10.2. The van der Waals surface area contributed by atoms with E-state index in [1.807, 2.05) is 30.3 Å². The quantitative estimate of drug-likeness (QED) is 0.809. The Morgan fingerprint density at radius 2 is 1.90 bits per heavy atom. The van der Waals surface area contributed by atoms with Crippen molar-refractivity contribution in [2.24, 2.45) is 0 Å². The van der Waals surface area contributed by atoms with E-state index in [1.165, 1.54) is 0 Å². The smallest absolute Gasteiger partial charge is 0.259 e. The number of anilines is 1. The minimum absolute atomic E-state index is 0.145. The molecule has 1 unspecified atom stereocenters. The summed E-state index contributed by atoms with van der Waals surface area (Å²) in [6.45, 7) is 6.18. The number of rotatable bonds is 5. The minimum atomic E-state index is -0.145. The van der Waals surface area contributed by atoms with Crippen LogP contribution in [0.1, 0.15) is 10.4 Å². The van der Waals surface area contributed by atoms with Gasteiger partial charge < -0.3 is 24.4 Å². The monoisotopic (exact) mass is 399 g/mol. The Bertz CT molecular complexity index is 819. The summed E-state index contributed by atoms with van der Waals surface area (Å²) in [5.74, 6) is 0.964.